The lowest BCUT2D eigenvalue weighted by atomic mass is 9.93. The van der Waals surface area contributed by atoms with Crippen LogP contribution >= 0.6 is 0 Å². The summed E-state index contributed by atoms with van der Waals surface area (Å²) in [6.07, 6.45) is -4.74. The zero-order valence-electron chi connectivity index (χ0n) is 22.1. The number of halogens is 5. The van der Waals surface area contributed by atoms with Crippen LogP contribution in [0.15, 0.2) is 54.7 Å². The van der Waals surface area contributed by atoms with Crippen LogP contribution in [-0.4, -0.2) is 47.3 Å². The molecule has 1 aromatic heterocycles. The van der Waals surface area contributed by atoms with Gasteiger partial charge in [-0.15, -0.1) is 0 Å². The molecule has 1 atom stereocenters. The molecule has 0 unspecified atom stereocenters. The fraction of sp³-hybridized carbons (Fsp3) is 0.207. The van der Waals surface area contributed by atoms with E-state index in [1.54, 1.807) is 0 Å². The Morgan fingerprint density at radius 2 is 1.62 bits per heavy atom. The van der Waals surface area contributed by atoms with Crippen LogP contribution in [-0.2, 0) is 24.0 Å². The zero-order valence-corrected chi connectivity index (χ0v) is 22.1. The first-order valence-corrected chi connectivity index (χ1v) is 12.2. The summed E-state index contributed by atoms with van der Waals surface area (Å²) in [5, 5.41) is 21.3. The quantitative estimate of drug-likeness (QED) is 0.231. The van der Waals surface area contributed by atoms with Crippen LogP contribution in [0.1, 0.15) is 27.0 Å². The lowest BCUT2D eigenvalue weighted by Gasteiger charge is -2.20. The molecular formula is C29H23F5N2O6. The first-order chi connectivity index (χ1) is 19.9. The van der Waals surface area contributed by atoms with Crippen molar-refractivity contribution in [2.24, 2.45) is 0 Å². The Morgan fingerprint density at radius 3 is 2.14 bits per heavy atom. The number of hydrogen-bond donors (Lipinski definition) is 3. The lowest BCUT2D eigenvalue weighted by Crippen LogP contribution is -2.43. The van der Waals surface area contributed by atoms with Crippen molar-refractivity contribution < 1.29 is 51.2 Å². The Labute approximate surface area is 235 Å². The molecule has 0 saturated carbocycles. The molecule has 8 nitrogen and oxygen atoms in total. The number of carbonyl (C=O) groups is 2. The first kappa shape index (κ1) is 30.2. The molecule has 1 heterocycles. The molecule has 0 aliphatic heterocycles. The van der Waals surface area contributed by atoms with Crippen molar-refractivity contribution >= 4 is 22.8 Å². The minimum atomic E-state index is -4.80. The van der Waals surface area contributed by atoms with Gasteiger partial charge < -0.3 is 25.0 Å². The van der Waals surface area contributed by atoms with Gasteiger partial charge in [-0.3, -0.25) is 9.78 Å². The van der Waals surface area contributed by atoms with E-state index < -0.39 is 53.3 Å². The number of amides is 1. The molecule has 4 aromatic rings. The monoisotopic (exact) mass is 590 g/mol. The number of ether oxygens (including phenoxy) is 2. The van der Waals surface area contributed by atoms with Gasteiger partial charge in [-0.1, -0.05) is 18.2 Å². The van der Waals surface area contributed by atoms with E-state index in [2.05, 4.69) is 4.98 Å². The number of benzene rings is 3. The van der Waals surface area contributed by atoms with Crippen LogP contribution in [0, 0.1) is 11.6 Å². The van der Waals surface area contributed by atoms with Gasteiger partial charge in [-0.2, -0.15) is 13.2 Å². The largest absolute Gasteiger partial charge is 0.496 e. The molecule has 0 aliphatic carbocycles. The van der Waals surface area contributed by atoms with Gasteiger partial charge in [0.05, 0.1) is 37.5 Å². The van der Waals surface area contributed by atoms with Crippen molar-refractivity contribution in [1.82, 2.24) is 10.3 Å². The van der Waals surface area contributed by atoms with E-state index in [4.69, 9.17) is 9.47 Å². The molecule has 0 spiro atoms. The smallest absolute Gasteiger partial charge is 0.417 e. The summed E-state index contributed by atoms with van der Waals surface area (Å²) in [6.45, 7) is -0.348. The third-order valence-corrected chi connectivity index (χ3v) is 6.50. The van der Waals surface area contributed by atoms with Gasteiger partial charge in [-0.05, 0) is 41.5 Å². The van der Waals surface area contributed by atoms with E-state index >= 15 is 0 Å². The third kappa shape index (κ3) is 5.96. The number of aliphatic hydroxyl groups excluding tert-OH is 1. The van der Waals surface area contributed by atoms with E-state index in [0.29, 0.717) is 17.3 Å². The molecule has 3 N–H and O–H groups in total. The minimum Gasteiger partial charge on any atom is -0.496 e. The van der Waals surface area contributed by atoms with Gasteiger partial charge in [0.1, 0.15) is 34.7 Å². The second-order valence-corrected chi connectivity index (χ2v) is 9.09. The van der Waals surface area contributed by atoms with Crippen molar-refractivity contribution in [3.05, 3.63) is 88.6 Å². The number of methoxy groups -OCH3 is 2. The van der Waals surface area contributed by atoms with Gasteiger partial charge >= 0.3 is 12.1 Å². The fourth-order valence-electron chi connectivity index (χ4n) is 4.50. The Kier molecular flexibility index (Phi) is 8.62. The Morgan fingerprint density at radius 1 is 1.00 bits per heavy atom. The average Bonchev–Trinajstić information content (AvgIpc) is 2.95. The molecule has 0 saturated heterocycles. The number of aliphatic carboxylic acids is 1. The predicted molar refractivity (Wildman–Crippen MR) is 140 cm³/mol. The maximum absolute atomic E-state index is 14.1. The lowest BCUT2D eigenvalue weighted by molar-refractivity contribution is -0.139. The minimum absolute atomic E-state index is 0.0180. The highest BCUT2D eigenvalue weighted by Gasteiger charge is 2.32. The highest BCUT2D eigenvalue weighted by Crippen LogP contribution is 2.43. The molecule has 1 amide bonds. The summed E-state index contributed by atoms with van der Waals surface area (Å²) in [6, 6.07) is 7.51. The summed E-state index contributed by atoms with van der Waals surface area (Å²) in [7, 11) is 2.70. The van der Waals surface area contributed by atoms with Crippen molar-refractivity contribution in [3.63, 3.8) is 0 Å². The average molecular weight is 591 g/mol. The Bertz CT molecular complexity index is 1630. The number of carbonyl (C=O) groups excluding carboxylic acids is 1. The van der Waals surface area contributed by atoms with Crippen molar-refractivity contribution in [3.8, 4) is 22.6 Å². The summed E-state index contributed by atoms with van der Waals surface area (Å²) in [5.74, 6) is -4.96. The molecule has 0 radical (unpaired) electrons. The molecule has 3 aromatic carbocycles. The number of nitrogens with zero attached hydrogens (tertiary/aromatic N) is 1. The van der Waals surface area contributed by atoms with Gasteiger partial charge in [-0.25, -0.2) is 13.6 Å². The van der Waals surface area contributed by atoms with Crippen molar-refractivity contribution in [2.75, 3.05) is 14.2 Å². The highest BCUT2D eigenvalue weighted by atomic mass is 19.4. The second-order valence-electron chi connectivity index (χ2n) is 9.09. The van der Waals surface area contributed by atoms with Crippen molar-refractivity contribution in [2.45, 2.75) is 25.2 Å². The Hall–Kier alpha value is -4.78. The topological polar surface area (TPSA) is 118 Å². The molecule has 4 rings (SSSR count). The van der Waals surface area contributed by atoms with E-state index in [1.165, 1.54) is 38.5 Å². The number of nitrogens with one attached hydrogen (secondary N) is 1. The SMILES string of the molecule is COc1cc(CO)cc(OC)c1-c1ccc(C[C@H](NC(=O)c2c(F)cccc2F)C(=O)O)c2cc(C(F)(F)F)cnc12. The number of carboxylic acids is 1. The summed E-state index contributed by atoms with van der Waals surface area (Å²) in [4.78, 5) is 28.7. The van der Waals surface area contributed by atoms with Gasteiger partial charge in [0.25, 0.3) is 5.91 Å². The second kappa shape index (κ2) is 12.0. The van der Waals surface area contributed by atoms with E-state index in [9.17, 15) is 41.8 Å². The normalized spacial score (nSPS) is 12.2. The summed E-state index contributed by atoms with van der Waals surface area (Å²) >= 11 is 0. The van der Waals surface area contributed by atoms with Gasteiger partial charge in [0.15, 0.2) is 0 Å². The number of pyridine rings is 1. The van der Waals surface area contributed by atoms with Gasteiger partial charge in [0, 0.05) is 23.6 Å². The third-order valence-electron chi connectivity index (χ3n) is 6.50. The van der Waals surface area contributed by atoms with Crippen LogP contribution in [0.25, 0.3) is 22.0 Å². The molecule has 42 heavy (non-hydrogen) atoms. The number of carboxylic acid groups (broad SMARTS) is 1. The number of rotatable bonds is 9. The fourth-order valence-corrected chi connectivity index (χ4v) is 4.50. The van der Waals surface area contributed by atoms with Crippen molar-refractivity contribution in [1.29, 1.82) is 0 Å². The van der Waals surface area contributed by atoms with E-state index in [1.807, 2.05) is 5.32 Å². The molecule has 0 bridgehead atoms. The van der Waals surface area contributed by atoms with Crippen LogP contribution < -0.4 is 14.8 Å². The van der Waals surface area contributed by atoms with Crippen LogP contribution in [0.4, 0.5) is 22.0 Å². The zero-order chi connectivity index (χ0) is 30.8. The first-order valence-electron chi connectivity index (χ1n) is 12.2. The maximum Gasteiger partial charge on any atom is 0.417 e. The molecule has 0 aliphatic rings. The van der Waals surface area contributed by atoms with Crippen LogP contribution in [0.2, 0.25) is 0 Å². The van der Waals surface area contributed by atoms with Crippen LogP contribution in [0.5, 0.6) is 11.5 Å². The molecule has 13 heteroatoms. The maximum atomic E-state index is 14.1. The Balaban J connectivity index is 1.87. The predicted octanol–water partition coefficient (Wildman–Crippen LogP) is 5.13. The van der Waals surface area contributed by atoms with E-state index in [-0.39, 0.29) is 40.1 Å². The molecule has 0 fully saturated rings. The van der Waals surface area contributed by atoms with Crippen LogP contribution in [0.3, 0.4) is 0 Å². The number of fused-ring (bicyclic) bond motifs is 1. The number of aromatic nitrogens is 1. The summed E-state index contributed by atoms with van der Waals surface area (Å²) < 4.78 is 80.2. The summed E-state index contributed by atoms with van der Waals surface area (Å²) in [5.41, 5.74) is -1.05. The number of alkyl halides is 3. The highest BCUT2D eigenvalue weighted by molar-refractivity contribution is 6.00. The van der Waals surface area contributed by atoms with Gasteiger partial charge in [0.2, 0.25) is 0 Å². The number of hydrogen-bond acceptors (Lipinski definition) is 6. The number of aliphatic hydroxyl groups is 1. The standard InChI is InChI=1S/C29H23F5N2O6/c1-41-22-8-14(13-37)9-23(42-2)24(22)17-7-6-15(18-11-16(29(32,33)34)12-35-26(17)18)10-21(28(39)40)36-27(38)25-19(30)4-3-5-20(25)31/h3-9,11-12,21,37H,10,13H2,1-2H3,(H,36,38)(H,39,40)/t21-/m0/s1. The molecular weight excluding hydrogens is 567 g/mol. The molecule has 220 valence electrons. The van der Waals surface area contributed by atoms with E-state index in [0.717, 1.165) is 24.3 Å².